The van der Waals surface area contributed by atoms with Gasteiger partial charge < -0.3 is 9.47 Å². The zero-order valence-corrected chi connectivity index (χ0v) is 11.6. The van der Waals surface area contributed by atoms with Crippen molar-refractivity contribution in [3.05, 3.63) is 53.6 Å². The largest absolute Gasteiger partial charge is 0.345 e. The summed E-state index contributed by atoms with van der Waals surface area (Å²) >= 11 is 0. The maximum atomic E-state index is 12.3. The molecular formula is C15H16N4O. The van der Waals surface area contributed by atoms with Gasteiger partial charge in [0.05, 0.1) is 5.56 Å². The van der Waals surface area contributed by atoms with Crippen LogP contribution in [-0.4, -0.2) is 34.0 Å². The monoisotopic (exact) mass is 268 g/mol. The first-order valence-corrected chi connectivity index (χ1v) is 6.33. The predicted molar refractivity (Wildman–Crippen MR) is 75.0 cm³/mol. The van der Waals surface area contributed by atoms with Gasteiger partial charge in [-0.2, -0.15) is 5.26 Å². The van der Waals surface area contributed by atoms with Crippen molar-refractivity contribution in [2.24, 2.45) is 7.05 Å². The van der Waals surface area contributed by atoms with Crippen LogP contribution in [0.5, 0.6) is 0 Å². The summed E-state index contributed by atoms with van der Waals surface area (Å²) in [5.41, 5.74) is 1.97. The lowest BCUT2D eigenvalue weighted by Crippen LogP contribution is -2.30. The van der Waals surface area contributed by atoms with E-state index in [9.17, 15) is 4.79 Å². The summed E-state index contributed by atoms with van der Waals surface area (Å²) < 4.78 is 1.68. The van der Waals surface area contributed by atoms with Gasteiger partial charge in [0.1, 0.15) is 11.8 Å². The number of rotatable bonds is 4. The second-order valence-corrected chi connectivity index (χ2v) is 4.63. The number of nitrogens with zero attached hydrogens (tertiary/aromatic N) is 4. The molecule has 2 aromatic rings. The number of pyridine rings is 1. The van der Waals surface area contributed by atoms with Gasteiger partial charge in [0.25, 0.3) is 5.91 Å². The number of carbonyl (C=O) groups excluding carboxylic acids is 1. The topological polar surface area (TPSA) is 61.9 Å². The summed E-state index contributed by atoms with van der Waals surface area (Å²) in [5.74, 6) is -0.0927. The Balaban J connectivity index is 2.02. The van der Waals surface area contributed by atoms with Crippen molar-refractivity contribution in [2.75, 3.05) is 13.6 Å². The predicted octanol–water partition coefficient (Wildman–Crippen LogP) is 1.61. The fourth-order valence-electron chi connectivity index (χ4n) is 1.96. The third kappa shape index (κ3) is 3.04. The molecule has 0 spiro atoms. The van der Waals surface area contributed by atoms with Gasteiger partial charge in [-0.1, -0.05) is 6.07 Å². The lowest BCUT2D eigenvalue weighted by molar-refractivity contribution is 0.0787. The smallest absolute Gasteiger partial charge is 0.270 e. The summed E-state index contributed by atoms with van der Waals surface area (Å²) in [4.78, 5) is 18.2. The third-order valence-corrected chi connectivity index (χ3v) is 3.13. The number of amides is 1. The van der Waals surface area contributed by atoms with Crippen molar-refractivity contribution in [1.82, 2.24) is 14.5 Å². The molecule has 2 heterocycles. The van der Waals surface area contributed by atoms with E-state index in [0.717, 1.165) is 5.69 Å². The minimum atomic E-state index is -0.0927. The fraction of sp³-hybridized carbons (Fsp3) is 0.267. The fourth-order valence-corrected chi connectivity index (χ4v) is 1.96. The van der Waals surface area contributed by atoms with Crippen molar-refractivity contribution in [3.63, 3.8) is 0 Å². The molecule has 0 aliphatic heterocycles. The molecule has 2 rings (SSSR count). The number of aromatic nitrogens is 2. The van der Waals surface area contributed by atoms with E-state index in [1.807, 2.05) is 24.3 Å². The average Bonchev–Trinajstić information content (AvgIpc) is 2.86. The summed E-state index contributed by atoms with van der Waals surface area (Å²) in [7, 11) is 3.52. The molecule has 102 valence electrons. The molecule has 5 heteroatoms. The molecule has 0 saturated heterocycles. The third-order valence-electron chi connectivity index (χ3n) is 3.13. The van der Waals surface area contributed by atoms with E-state index >= 15 is 0 Å². The second-order valence-electron chi connectivity index (χ2n) is 4.63. The standard InChI is InChI=1S/C15H16N4O/c1-18(8-6-13-5-3-4-7-17-13)15(20)14-9-12(10-16)11-19(14)2/h3-5,7,9,11H,6,8H2,1-2H3. The van der Waals surface area contributed by atoms with Crippen molar-refractivity contribution >= 4 is 5.91 Å². The van der Waals surface area contributed by atoms with Gasteiger partial charge in [-0.15, -0.1) is 0 Å². The van der Waals surface area contributed by atoms with E-state index in [1.165, 1.54) is 0 Å². The van der Waals surface area contributed by atoms with E-state index in [0.29, 0.717) is 24.2 Å². The van der Waals surface area contributed by atoms with E-state index in [4.69, 9.17) is 5.26 Å². The molecule has 20 heavy (non-hydrogen) atoms. The van der Waals surface area contributed by atoms with Crippen LogP contribution in [0.1, 0.15) is 21.7 Å². The Bertz CT molecular complexity index is 640. The van der Waals surface area contributed by atoms with Gasteiger partial charge in [0, 0.05) is 45.1 Å². The first-order valence-electron chi connectivity index (χ1n) is 6.33. The molecule has 2 aromatic heterocycles. The van der Waals surface area contributed by atoms with Gasteiger partial charge >= 0.3 is 0 Å². The van der Waals surface area contributed by atoms with E-state index in [-0.39, 0.29) is 5.91 Å². The van der Waals surface area contributed by atoms with E-state index < -0.39 is 0 Å². The minimum absolute atomic E-state index is 0.0927. The van der Waals surface area contributed by atoms with Crippen LogP contribution < -0.4 is 0 Å². The molecule has 5 nitrogen and oxygen atoms in total. The van der Waals surface area contributed by atoms with Crippen molar-refractivity contribution in [2.45, 2.75) is 6.42 Å². The van der Waals surface area contributed by atoms with Crippen molar-refractivity contribution in [3.8, 4) is 6.07 Å². The number of hydrogen-bond donors (Lipinski definition) is 0. The average molecular weight is 268 g/mol. The molecule has 0 unspecified atom stereocenters. The van der Waals surface area contributed by atoms with Crippen LogP contribution >= 0.6 is 0 Å². The number of likely N-dealkylation sites (N-methyl/N-ethyl adjacent to an activating group) is 1. The Hall–Kier alpha value is -2.61. The second kappa shape index (κ2) is 6.02. The van der Waals surface area contributed by atoms with Gasteiger partial charge in [0.15, 0.2) is 0 Å². The van der Waals surface area contributed by atoms with Crippen LogP contribution in [0.2, 0.25) is 0 Å². The zero-order chi connectivity index (χ0) is 14.5. The van der Waals surface area contributed by atoms with Crippen LogP contribution in [-0.2, 0) is 13.5 Å². The van der Waals surface area contributed by atoms with Crippen LogP contribution in [0.3, 0.4) is 0 Å². The Kier molecular flexibility index (Phi) is 4.16. The maximum Gasteiger partial charge on any atom is 0.270 e. The molecule has 1 amide bonds. The normalized spacial score (nSPS) is 10.1. The van der Waals surface area contributed by atoms with Crippen LogP contribution in [0.4, 0.5) is 0 Å². The highest BCUT2D eigenvalue weighted by atomic mass is 16.2. The highest BCUT2D eigenvalue weighted by Crippen LogP contribution is 2.09. The Morgan fingerprint density at radius 3 is 2.90 bits per heavy atom. The highest BCUT2D eigenvalue weighted by Gasteiger charge is 2.16. The highest BCUT2D eigenvalue weighted by molar-refractivity contribution is 5.93. The zero-order valence-electron chi connectivity index (χ0n) is 11.6. The van der Waals surface area contributed by atoms with E-state index in [1.54, 1.807) is 42.0 Å². The molecule has 0 bridgehead atoms. The van der Waals surface area contributed by atoms with Crippen LogP contribution in [0, 0.1) is 11.3 Å². The molecule has 0 atom stereocenters. The lowest BCUT2D eigenvalue weighted by atomic mass is 10.2. The first kappa shape index (κ1) is 13.8. The molecular weight excluding hydrogens is 252 g/mol. The van der Waals surface area contributed by atoms with Gasteiger partial charge in [-0.3, -0.25) is 9.78 Å². The van der Waals surface area contributed by atoms with Crippen LogP contribution in [0.15, 0.2) is 36.7 Å². The Morgan fingerprint density at radius 1 is 1.50 bits per heavy atom. The number of nitriles is 1. The van der Waals surface area contributed by atoms with E-state index in [2.05, 4.69) is 4.98 Å². The van der Waals surface area contributed by atoms with Gasteiger partial charge in [-0.05, 0) is 18.2 Å². The molecule has 0 aliphatic rings. The molecule has 0 N–H and O–H groups in total. The quantitative estimate of drug-likeness (QED) is 0.846. The molecule has 0 aromatic carbocycles. The van der Waals surface area contributed by atoms with Gasteiger partial charge in [-0.25, -0.2) is 0 Å². The summed E-state index contributed by atoms with van der Waals surface area (Å²) in [6, 6.07) is 9.39. The van der Waals surface area contributed by atoms with Gasteiger partial charge in [0.2, 0.25) is 0 Å². The number of hydrogen-bond acceptors (Lipinski definition) is 3. The molecule has 0 aliphatic carbocycles. The minimum Gasteiger partial charge on any atom is -0.345 e. The van der Waals surface area contributed by atoms with Crippen molar-refractivity contribution < 1.29 is 4.79 Å². The summed E-state index contributed by atoms with van der Waals surface area (Å²) in [6.45, 7) is 0.586. The maximum absolute atomic E-state index is 12.3. The Labute approximate surface area is 118 Å². The summed E-state index contributed by atoms with van der Waals surface area (Å²) in [6.07, 6.45) is 4.10. The Morgan fingerprint density at radius 2 is 2.30 bits per heavy atom. The summed E-state index contributed by atoms with van der Waals surface area (Å²) in [5, 5.41) is 8.85. The van der Waals surface area contributed by atoms with Crippen molar-refractivity contribution in [1.29, 1.82) is 5.26 Å². The first-order chi connectivity index (χ1) is 9.61. The van der Waals surface area contributed by atoms with Crippen LogP contribution in [0.25, 0.3) is 0 Å². The number of aryl methyl sites for hydroxylation is 1. The number of carbonyl (C=O) groups is 1. The lowest BCUT2D eigenvalue weighted by Gasteiger charge is -2.17. The molecule has 0 saturated carbocycles. The SMILES string of the molecule is CN(CCc1ccccn1)C(=O)c1cc(C#N)cn1C. The molecule has 0 radical (unpaired) electrons. The molecule has 0 fully saturated rings.